The number of quaternary nitrogens is 1. The first-order valence-corrected chi connectivity index (χ1v) is 8.39. The fourth-order valence-electron chi connectivity index (χ4n) is 4.38. The molecule has 0 bridgehead atoms. The van der Waals surface area contributed by atoms with Crippen LogP contribution in [-0.2, 0) is 12.8 Å². The second kappa shape index (κ2) is 5.15. The zero-order chi connectivity index (χ0) is 17.1. The van der Waals surface area contributed by atoms with Gasteiger partial charge in [0.1, 0.15) is 11.8 Å². The van der Waals surface area contributed by atoms with Gasteiger partial charge >= 0.3 is 0 Å². The third-order valence-electron chi connectivity index (χ3n) is 5.74. The average molecular weight is 326 g/mol. The van der Waals surface area contributed by atoms with E-state index >= 15 is 0 Å². The van der Waals surface area contributed by atoms with Crippen molar-refractivity contribution in [2.75, 3.05) is 34.9 Å². The first-order chi connectivity index (χ1) is 11.5. The highest BCUT2D eigenvalue weighted by Crippen LogP contribution is 2.55. The molecule has 0 fully saturated rings. The van der Waals surface area contributed by atoms with E-state index in [4.69, 9.17) is 9.47 Å². The van der Waals surface area contributed by atoms with E-state index in [0.29, 0.717) is 11.8 Å². The Hall–Kier alpha value is -2.20. The summed E-state index contributed by atoms with van der Waals surface area (Å²) in [4.78, 5) is 0. The van der Waals surface area contributed by atoms with Crippen LogP contribution >= 0.6 is 0 Å². The number of phenolic OH excluding ortho intramolecular Hbond substituents is 1. The summed E-state index contributed by atoms with van der Waals surface area (Å²) < 4.78 is 12.0. The molecule has 4 nitrogen and oxygen atoms in total. The van der Waals surface area contributed by atoms with Gasteiger partial charge in [-0.05, 0) is 23.3 Å². The van der Waals surface area contributed by atoms with Crippen molar-refractivity contribution in [3.63, 3.8) is 0 Å². The Bertz CT molecular complexity index is 826. The highest BCUT2D eigenvalue weighted by molar-refractivity contribution is 5.86. The van der Waals surface area contributed by atoms with Gasteiger partial charge in [-0.25, -0.2) is 0 Å². The molecule has 0 saturated heterocycles. The van der Waals surface area contributed by atoms with Crippen molar-refractivity contribution < 1.29 is 19.1 Å². The van der Waals surface area contributed by atoms with E-state index < -0.39 is 0 Å². The number of rotatable bonds is 2. The van der Waals surface area contributed by atoms with Crippen LogP contribution in [0.4, 0.5) is 0 Å². The second-order valence-electron chi connectivity index (χ2n) is 7.34. The maximum Gasteiger partial charge on any atom is 0.166 e. The SMILES string of the molecule is COc1cc2c3c(c1O)-c1c(cccc1OC)CC3[N+](C)(C)CC2. The smallest absolute Gasteiger partial charge is 0.166 e. The van der Waals surface area contributed by atoms with Crippen molar-refractivity contribution in [3.8, 4) is 28.4 Å². The first-order valence-electron chi connectivity index (χ1n) is 8.39. The predicted molar refractivity (Wildman–Crippen MR) is 93.8 cm³/mol. The molecule has 0 saturated carbocycles. The Morgan fingerprint density at radius 1 is 1.04 bits per heavy atom. The topological polar surface area (TPSA) is 38.7 Å². The van der Waals surface area contributed by atoms with Gasteiger partial charge in [0.25, 0.3) is 0 Å². The fourth-order valence-corrected chi connectivity index (χ4v) is 4.38. The van der Waals surface area contributed by atoms with Gasteiger partial charge in [0.2, 0.25) is 0 Å². The Morgan fingerprint density at radius 2 is 1.79 bits per heavy atom. The lowest BCUT2D eigenvalue weighted by Crippen LogP contribution is -2.49. The molecular formula is C20H24NO3+. The highest BCUT2D eigenvalue weighted by atomic mass is 16.5. The highest BCUT2D eigenvalue weighted by Gasteiger charge is 2.43. The number of hydrogen-bond acceptors (Lipinski definition) is 3. The standard InChI is InChI=1S/C20H23NO3/c1-21(2)9-8-13-11-16(24-4)20(22)19-17(13)14(21)10-12-6-5-7-15(23-3)18(12)19/h5-7,11,14H,8-10H2,1-4H3/p+1. The van der Waals surface area contributed by atoms with E-state index in [1.165, 1.54) is 16.7 Å². The molecule has 0 spiro atoms. The summed E-state index contributed by atoms with van der Waals surface area (Å²) in [5, 5.41) is 10.9. The molecule has 4 rings (SSSR count). The molecule has 24 heavy (non-hydrogen) atoms. The third kappa shape index (κ3) is 1.96. The van der Waals surface area contributed by atoms with Crippen molar-refractivity contribution >= 4 is 0 Å². The molecule has 2 aromatic carbocycles. The summed E-state index contributed by atoms with van der Waals surface area (Å²) in [5.74, 6) is 1.59. The number of nitrogens with zero attached hydrogens (tertiary/aromatic N) is 1. The minimum Gasteiger partial charge on any atom is -0.504 e. The number of benzene rings is 2. The van der Waals surface area contributed by atoms with Crippen LogP contribution in [0, 0.1) is 0 Å². The summed E-state index contributed by atoms with van der Waals surface area (Å²) in [5.41, 5.74) is 5.71. The van der Waals surface area contributed by atoms with Crippen LogP contribution in [0.3, 0.4) is 0 Å². The molecule has 0 amide bonds. The molecule has 1 unspecified atom stereocenters. The Balaban J connectivity index is 2.11. The predicted octanol–water partition coefficient (Wildman–Crippen LogP) is 3.31. The summed E-state index contributed by atoms with van der Waals surface area (Å²) >= 11 is 0. The van der Waals surface area contributed by atoms with Gasteiger partial charge in [-0.3, -0.25) is 0 Å². The van der Waals surface area contributed by atoms with Gasteiger partial charge in [-0.15, -0.1) is 0 Å². The summed E-state index contributed by atoms with van der Waals surface area (Å²) in [6, 6.07) is 8.51. The van der Waals surface area contributed by atoms with E-state index in [9.17, 15) is 5.11 Å². The van der Waals surface area contributed by atoms with E-state index in [-0.39, 0.29) is 5.75 Å². The molecule has 1 aliphatic heterocycles. The molecule has 4 heteroatoms. The van der Waals surface area contributed by atoms with Gasteiger partial charge in [-0.2, -0.15) is 0 Å². The zero-order valence-corrected chi connectivity index (χ0v) is 14.7. The molecule has 2 aromatic rings. The number of phenols is 1. The summed E-state index contributed by atoms with van der Waals surface area (Å²) in [7, 11) is 7.86. The maximum atomic E-state index is 10.9. The number of methoxy groups -OCH3 is 2. The maximum absolute atomic E-state index is 10.9. The molecular weight excluding hydrogens is 302 g/mol. The lowest BCUT2D eigenvalue weighted by molar-refractivity contribution is -0.923. The minimum atomic E-state index is 0.230. The molecule has 0 aromatic heterocycles. The van der Waals surface area contributed by atoms with Gasteiger partial charge in [0.15, 0.2) is 11.5 Å². The number of ether oxygens (including phenoxy) is 2. The average Bonchev–Trinajstić information content (AvgIpc) is 2.58. The normalized spacial score (nSPS) is 20.1. The van der Waals surface area contributed by atoms with Crippen molar-refractivity contribution in [1.29, 1.82) is 0 Å². The third-order valence-corrected chi connectivity index (χ3v) is 5.74. The van der Waals surface area contributed by atoms with Crippen LogP contribution in [-0.4, -0.2) is 44.4 Å². The molecule has 0 radical (unpaired) electrons. The van der Waals surface area contributed by atoms with Crippen molar-refractivity contribution in [2.24, 2.45) is 0 Å². The Labute approximate surface area is 142 Å². The zero-order valence-electron chi connectivity index (χ0n) is 14.7. The van der Waals surface area contributed by atoms with Gasteiger partial charge in [0, 0.05) is 29.5 Å². The second-order valence-corrected chi connectivity index (χ2v) is 7.34. The van der Waals surface area contributed by atoms with Crippen LogP contribution in [0.2, 0.25) is 0 Å². The monoisotopic (exact) mass is 326 g/mol. The van der Waals surface area contributed by atoms with Gasteiger partial charge in [0.05, 0.1) is 34.9 Å². The lowest BCUT2D eigenvalue weighted by Gasteiger charge is -2.46. The van der Waals surface area contributed by atoms with E-state index in [2.05, 4.69) is 20.2 Å². The Morgan fingerprint density at radius 3 is 2.50 bits per heavy atom. The molecule has 1 atom stereocenters. The van der Waals surface area contributed by atoms with E-state index in [1.807, 2.05) is 18.2 Å². The van der Waals surface area contributed by atoms with Gasteiger partial charge < -0.3 is 19.1 Å². The molecule has 1 N–H and O–H groups in total. The van der Waals surface area contributed by atoms with E-state index in [1.54, 1.807) is 14.2 Å². The minimum absolute atomic E-state index is 0.230. The van der Waals surface area contributed by atoms with Crippen LogP contribution in [0.1, 0.15) is 22.7 Å². The van der Waals surface area contributed by atoms with Crippen LogP contribution < -0.4 is 9.47 Å². The quantitative estimate of drug-likeness (QED) is 0.861. The number of hydrogen-bond donors (Lipinski definition) is 1. The summed E-state index contributed by atoms with van der Waals surface area (Å²) in [6.45, 7) is 1.09. The first kappa shape index (κ1) is 15.3. The molecule has 1 aliphatic carbocycles. The Kier molecular flexibility index (Phi) is 3.29. The lowest BCUT2D eigenvalue weighted by atomic mass is 9.75. The largest absolute Gasteiger partial charge is 0.504 e. The summed E-state index contributed by atoms with van der Waals surface area (Å²) in [6.07, 6.45) is 1.96. The number of fused-ring (bicyclic) bond motifs is 2. The van der Waals surface area contributed by atoms with Crippen LogP contribution in [0.5, 0.6) is 17.2 Å². The van der Waals surface area contributed by atoms with Crippen LogP contribution in [0.15, 0.2) is 24.3 Å². The number of aromatic hydroxyl groups is 1. The van der Waals surface area contributed by atoms with Crippen molar-refractivity contribution in [2.45, 2.75) is 18.9 Å². The molecule has 2 aliphatic rings. The fraction of sp³-hybridized carbons (Fsp3) is 0.400. The van der Waals surface area contributed by atoms with Crippen molar-refractivity contribution in [3.05, 3.63) is 41.0 Å². The van der Waals surface area contributed by atoms with Crippen molar-refractivity contribution in [1.82, 2.24) is 0 Å². The van der Waals surface area contributed by atoms with Crippen LogP contribution in [0.25, 0.3) is 11.1 Å². The van der Waals surface area contributed by atoms with E-state index in [0.717, 1.165) is 40.7 Å². The molecule has 1 heterocycles. The molecule has 126 valence electrons. The number of likely N-dealkylation sites (N-methyl/N-ethyl adjacent to an activating group) is 1. The van der Waals surface area contributed by atoms with Gasteiger partial charge in [-0.1, -0.05) is 12.1 Å².